The molecular formula is C13H20PbTi. The Morgan fingerprint density at radius 2 is 2.00 bits per heavy atom. The summed E-state index contributed by atoms with van der Waals surface area (Å²) in [6.45, 7) is 0. The molecule has 2 aliphatic carbocycles. The first-order chi connectivity index (χ1) is 7.07. The van der Waals surface area contributed by atoms with Gasteiger partial charge in [-0.05, 0) is 0 Å². The maximum Gasteiger partial charge on any atom is -1.00 e. The zero-order chi connectivity index (χ0) is 10.9. The van der Waals surface area contributed by atoms with E-state index >= 15 is 0 Å². The molecule has 0 aliphatic heterocycles. The Balaban J connectivity index is 0.00000128. The van der Waals surface area contributed by atoms with Crippen LogP contribution in [-0.4, -0.2) is 21.2 Å². The minimum atomic E-state index is -1.93. The van der Waals surface area contributed by atoms with Crippen molar-refractivity contribution < 1.29 is 22.0 Å². The van der Waals surface area contributed by atoms with Crippen LogP contribution in [0, 0.1) is 0 Å². The quantitative estimate of drug-likeness (QED) is 0.587. The molecule has 0 aromatic carbocycles. The molecule has 0 nitrogen and oxygen atoms in total. The van der Waals surface area contributed by atoms with Crippen molar-refractivity contribution in [3.8, 4) is 0 Å². The van der Waals surface area contributed by atoms with E-state index in [1.807, 2.05) is 7.01 Å². The molecule has 0 heterocycles. The van der Waals surface area contributed by atoms with E-state index in [1.165, 1.54) is 12.8 Å². The van der Waals surface area contributed by atoms with Gasteiger partial charge in [0.2, 0.25) is 0 Å². The molecule has 2 aliphatic rings. The summed E-state index contributed by atoms with van der Waals surface area (Å²) in [5.74, 6) is 0. The zero-order valence-electron chi connectivity index (χ0n) is 11.8. The molecule has 0 radical (unpaired) electrons. The summed E-state index contributed by atoms with van der Waals surface area (Å²) in [7, 11) is 0. The molecule has 0 unspecified atom stereocenters. The first kappa shape index (κ1) is 12.1. The summed E-state index contributed by atoms with van der Waals surface area (Å²) in [5, 5.41) is 0. The third-order valence-corrected chi connectivity index (χ3v) is 14.7. The first-order valence-corrected chi connectivity index (χ1v) is 20.8. The van der Waals surface area contributed by atoms with Gasteiger partial charge in [0.25, 0.3) is 0 Å². The summed E-state index contributed by atoms with van der Waals surface area (Å²) >= 11 is -1.89. The molecular weight excluding hydrogens is 411 g/mol. The van der Waals surface area contributed by atoms with Gasteiger partial charge < -0.3 is 2.85 Å². The maximum absolute atomic E-state index is 2.55. The molecule has 0 fully saturated rings. The molecule has 0 amide bonds. The van der Waals surface area contributed by atoms with Crippen molar-refractivity contribution in [2.24, 2.45) is 0 Å². The van der Waals surface area contributed by atoms with E-state index in [0.29, 0.717) is 0 Å². The van der Waals surface area contributed by atoms with Crippen LogP contribution < -0.4 is 0 Å². The molecule has 0 saturated carbocycles. The Morgan fingerprint density at radius 3 is 2.60 bits per heavy atom. The molecule has 0 aromatic heterocycles. The van der Waals surface area contributed by atoms with Crippen LogP contribution in [0.25, 0.3) is 0 Å². The van der Waals surface area contributed by atoms with E-state index in [9.17, 15) is 0 Å². The normalized spacial score (nSPS) is 19.8. The minimum absolute atomic E-state index is 0. The van der Waals surface area contributed by atoms with Crippen LogP contribution in [-0.2, 0) is 19.2 Å². The molecule has 0 bridgehead atoms. The van der Waals surface area contributed by atoms with Gasteiger partial charge in [-0.3, -0.25) is 0 Å². The van der Waals surface area contributed by atoms with Gasteiger partial charge in [0.15, 0.2) is 0 Å². The monoisotopic (exact) mass is 432 g/mol. The fourth-order valence-electron chi connectivity index (χ4n) is 2.06. The average Bonchev–Trinajstić information content (AvgIpc) is 2.73. The molecule has 15 heavy (non-hydrogen) atoms. The van der Waals surface area contributed by atoms with Gasteiger partial charge in [-0.25, -0.2) is 0 Å². The van der Waals surface area contributed by atoms with Crippen molar-refractivity contribution in [2.45, 2.75) is 26.3 Å². The van der Waals surface area contributed by atoms with Crippen LogP contribution in [0.1, 0.15) is 15.7 Å². The predicted molar refractivity (Wildman–Crippen MR) is 68.2 cm³/mol. The predicted octanol–water partition coefficient (Wildman–Crippen LogP) is 4.23. The summed E-state index contributed by atoms with van der Waals surface area (Å²) in [5.41, 5.74) is 0. The Labute approximate surface area is 110 Å². The number of hydrogen-bond acceptors (Lipinski definition) is 0. The Morgan fingerprint density at radius 1 is 1.20 bits per heavy atom. The van der Waals surface area contributed by atoms with Crippen molar-refractivity contribution in [3.05, 3.63) is 41.3 Å². The molecule has 0 atom stereocenters. The van der Waals surface area contributed by atoms with Crippen LogP contribution >= 0.6 is 0 Å². The molecule has 0 aromatic rings. The molecule has 0 saturated heterocycles. The molecule has 2 rings (SSSR count). The SMILES string of the molecule is [CH3][Pb]([CH3])([CH3])[C]1=[C]([Ti+2][C]2=CC=CC2)CC=C1.[H-].[H-]. The standard InChI is InChI=1S/C5H5.C5H4.3CH3.Pb.Ti.2H/c2*1-2-4-5-3-1;;;;;;;/h1-3H,4H2;1-2H,3H2;3*1H3;;;;/q;;;;;;+2;2*-1. The van der Waals surface area contributed by atoms with Crippen molar-refractivity contribution in [1.29, 1.82) is 0 Å². The van der Waals surface area contributed by atoms with E-state index in [2.05, 4.69) is 43.8 Å². The number of allylic oxidation sites excluding steroid dienone is 8. The fourth-order valence-corrected chi connectivity index (χ4v) is 16.4. The number of rotatable bonds is 3. The molecule has 0 spiro atoms. The van der Waals surface area contributed by atoms with Crippen LogP contribution in [0.4, 0.5) is 0 Å². The topological polar surface area (TPSA) is 0 Å². The van der Waals surface area contributed by atoms with Crippen LogP contribution in [0.3, 0.4) is 0 Å². The Kier molecular flexibility index (Phi) is 3.90. The van der Waals surface area contributed by atoms with Gasteiger partial charge in [0.05, 0.1) is 0 Å². The van der Waals surface area contributed by atoms with Crippen molar-refractivity contribution in [2.75, 3.05) is 0 Å². The molecule has 2 heteroatoms. The zero-order valence-corrected chi connectivity index (χ0v) is 15.2. The summed E-state index contributed by atoms with van der Waals surface area (Å²) in [4.78, 5) is 0. The van der Waals surface area contributed by atoms with E-state index < -0.39 is 21.2 Å². The second-order valence-corrected chi connectivity index (χ2v) is 27.1. The summed E-state index contributed by atoms with van der Waals surface area (Å²) < 4.78 is 13.0. The average molecular weight is 431 g/mol. The Bertz CT molecular complexity index is 387. The van der Waals surface area contributed by atoms with Crippen LogP contribution in [0.2, 0.25) is 13.4 Å². The van der Waals surface area contributed by atoms with Gasteiger partial charge in [-0.2, -0.15) is 0 Å². The van der Waals surface area contributed by atoms with Crippen molar-refractivity contribution in [3.63, 3.8) is 0 Å². The largest absolute Gasteiger partial charge is 1.00 e. The molecule has 0 N–H and O–H groups in total. The Hall–Kier alpha value is 0.596. The van der Waals surface area contributed by atoms with Gasteiger partial charge in [0.1, 0.15) is 0 Å². The van der Waals surface area contributed by atoms with E-state index in [0.717, 1.165) is 0 Å². The van der Waals surface area contributed by atoms with Gasteiger partial charge in [-0.15, -0.1) is 0 Å². The smallest absolute Gasteiger partial charge is 1.00 e. The van der Waals surface area contributed by atoms with E-state index in [4.69, 9.17) is 0 Å². The molecule has 80 valence electrons. The van der Waals surface area contributed by atoms with Crippen LogP contribution in [0.5, 0.6) is 0 Å². The van der Waals surface area contributed by atoms with Crippen LogP contribution in [0.15, 0.2) is 41.3 Å². The van der Waals surface area contributed by atoms with Gasteiger partial charge in [-0.1, -0.05) is 0 Å². The number of hydrogen-bond donors (Lipinski definition) is 0. The van der Waals surface area contributed by atoms with Crippen molar-refractivity contribution in [1.82, 2.24) is 0 Å². The maximum atomic E-state index is 2.55. The first-order valence-electron chi connectivity index (χ1n) is 5.60. The summed E-state index contributed by atoms with van der Waals surface area (Å²) in [6.07, 6.45) is 14.2. The minimum Gasteiger partial charge on any atom is -1.00 e. The van der Waals surface area contributed by atoms with Gasteiger partial charge in [0, 0.05) is 0 Å². The van der Waals surface area contributed by atoms with E-state index in [1.54, 1.807) is 3.88 Å². The second-order valence-electron chi connectivity index (χ2n) is 5.20. The van der Waals surface area contributed by atoms with E-state index in [-0.39, 0.29) is 22.0 Å². The fraction of sp³-hybridized carbons (Fsp3) is 0.385. The second kappa shape index (κ2) is 4.85. The third kappa shape index (κ3) is 3.04. The van der Waals surface area contributed by atoms with Crippen molar-refractivity contribution >= 4 is 21.2 Å². The third-order valence-electron chi connectivity index (χ3n) is 2.82. The summed E-state index contributed by atoms with van der Waals surface area (Å²) in [6, 6.07) is 0. The van der Waals surface area contributed by atoms with Gasteiger partial charge >= 0.3 is 108 Å².